The Labute approximate surface area is 133 Å². The number of carbonyl (C=O) groups is 1. The Hall–Kier alpha value is -2.06. The quantitative estimate of drug-likeness (QED) is 0.838. The molecule has 0 aromatic carbocycles. The van der Waals surface area contributed by atoms with Gasteiger partial charge in [-0.1, -0.05) is 0 Å². The lowest BCUT2D eigenvalue weighted by atomic mass is 9.92. The topological polar surface area (TPSA) is 102 Å². The van der Waals surface area contributed by atoms with Crippen LogP contribution in [0.1, 0.15) is 34.8 Å². The molecular formula is C15H21N5O3. The summed E-state index contributed by atoms with van der Waals surface area (Å²) in [5, 5.41) is 16.6. The number of ether oxygens (including phenoxy) is 1. The maximum Gasteiger partial charge on any atom is 0.291 e. The van der Waals surface area contributed by atoms with Crippen LogP contribution in [-0.4, -0.2) is 56.5 Å². The van der Waals surface area contributed by atoms with Crippen LogP contribution in [0.15, 0.2) is 6.07 Å². The molecule has 1 saturated heterocycles. The van der Waals surface area contributed by atoms with Crippen molar-refractivity contribution in [1.82, 2.24) is 24.9 Å². The van der Waals surface area contributed by atoms with Crippen molar-refractivity contribution in [3.63, 3.8) is 0 Å². The van der Waals surface area contributed by atoms with Crippen LogP contribution in [-0.2, 0) is 4.74 Å². The average Bonchev–Trinajstić information content (AvgIpc) is 2.97. The molecule has 2 N–H and O–H groups in total. The predicted octanol–water partition coefficient (Wildman–Crippen LogP) is 0.258. The Kier molecular flexibility index (Phi) is 4.53. The van der Waals surface area contributed by atoms with Gasteiger partial charge in [0.1, 0.15) is 0 Å². The first-order valence-electron chi connectivity index (χ1n) is 7.79. The van der Waals surface area contributed by atoms with E-state index in [4.69, 9.17) is 4.74 Å². The standard InChI is InChI=1S/C15H21N5O3/c1-9-7-10(2)20-15(16-9)18-13(19-20)14(22)17-12(8-21)11-3-5-23-6-4-11/h7,11-12,21H,3-6,8H2,1-2H3,(H,17,22)/t12-/m1/s1. The number of nitrogens with one attached hydrogen (secondary N) is 1. The van der Waals surface area contributed by atoms with E-state index < -0.39 is 5.91 Å². The van der Waals surface area contributed by atoms with Gasteiger partial charge in [-0.05, 0) is 38.7 Å². The van der Waals surface area contributed by atoms with E-state index in [0.717, 1.165) is 24.2 Å². The molecule has 1 atom stereocenters. The summed E-state index contributed by atoms with van der Waals surface area (Å²) in [5.74, 6) is 0.283. The van der Waals surface area contributed by atoms with Crippen LogP contribution in [0.5, 0.6) is 0 Å². The van der Waals surface area contributed by atoms with Crippen molar-refractivity contribution in [2.75, 3.05) is 19.8 Å². The third-order valence-corrected chi connectivity index (χ3v) is 4.17. The van der Waals surface area contributed by atoms with Crippen molar-refractivity contribution in [3.8, 4) is 0 Å². The van der Waals surface area contributed by atoms with E-state index in [2.05, 4.69) is 20.4 Å². The minimum Gasteiger partial charge on any atom is -0.394 e. The fourth-order valence-electron chi connectivity index (χ4n) is 2.93. The second-order valence-electron chi connectivity index (χ2n) is 5.90. The number of hydrogen-bond acceptors (Lipinski definition) is 6. The van der Waals surface area contributed by atoms with Gasteiger partial charge in [-0.3, -0.25) is 4.79 Å². The second kappa shape index (κ2) is 6.59. The highest BCUT2D eigenvalue weighted by Crippen LogP contribution is 2.19. The van der Waals surface area contributed by atoms with Gasteiger partial charge in [0.25, 0.3) is 11.7 Å². The molecule has 23 heavy (non-hydrogen) atoms. The molecule has 2 aromatic rings. The summed E-state index contributed by atoms with van der Waals surface area (Å²) in [6.07, 6.45) is 1.65. The molecule has 0 aliphatic carbocycles. The number of aliphatic hydroxyl groups is 1. The van der Waals surface area contributed by atoms with Gasteiger partial charge >= 0.3 is 0 Å². The summed E-state index contributed by atoms with van der Waals surface area (Å²) in [5.41, 5.74) is 1.69. The molecule has 1 fully saturated rings. The fraction of sp³-hybridized carbons (Fsp3) is 0.600. The van der Waals surface area contributed by atoms with Gasteiger partial charge in [-0.2, -0.15) is 4.98 Å². The summed E-state index contributed by atoms with van der Waals surface area (Å²) >= 11 is 0. The number of aromatic nitrogens is 4. The lowest BCUT2D eigenvalue weighted by Gasteiger charge is -2.29. The van der Waals surface area contributed by atoms with Crippen molar-refractivity contribution < 1.29 is 14.6 Å². The van der Waals surface area contributed by atoms with E-state index in [-0.39, 0.29) is 24.4 Å². The maximum atomic E-state index is 12.4. The Bertz CT molecular complexity index is 708. The molecule has 0 radical (unpaired) electrons. The lowest BCUT2D eigenvalue weighted by molar-refractivity contribution is 0.0418. The first-order valence-corrected chi connectivity index (χ1v) is 7.79. The first kappa shape index (κ1) is 15.8. The number of hydrogen-bond donors (Lipinski definition) is 2. The van der Waals surface area contributed by atoms with E-state index in [1.54, 1.807) is 4.52 Å². The van der Waals surface area contributed by atoms with Gasteiger partial charge in [0.15, 0.2) is 0 Å². The maximum absolute atomic E-state index is 12.4. The van der Waals surface area contributed by atoms with Crippen LogP contribution < -0.4 is 5.32 Å². The van der Waals surface area contributed by atoms with Gasteiger partial charge < -0.3 is 15.2 Å². The second-order valence-corrected chi connectivity index (χ2v) is 5.90. The van der Waals surface area contributed by atoms with E-state index in [0.29, 0.717) is 19.0 Å². The smallest absolute Gasteiger partial charge is 0.291 e. The van der Waals surface area contributed by atoms with Crippen LogP contribution in [0.2, 0.25) is 0 Å². The number of nitrogens with zero attached hydrogens (tertiary/aromatic N) is 4. The van der Waals surface area contributed by atoms with Crippen LogP contribution in [0.4, 0.5) is 0 Å². The third-order valence-electron chi connectivity index (χ3n) is 4.17. The molecule has 124 valence electrons. The van der Waals surface area contributed by atoms with Crippen molar-refractivity contribution in [2.24, 2.45) is 5.92 Å². The van der Waals surface area contributed by atoms with Crippen molar-refractivity contribution >= 4 is 11.7 Å². The molecule has 2 aromatic heterocycles. The number of aliphatic hydroxyl groups excluding tert-OH is 1. The molecule has 0 bridgehead atoms. The molecule has 0 saturated carbocycles. The summed E-state index contributed by atoms with van der Waals surface area (Å²) < 4.78 is 6.86. The van der Waals surface area contributed by atoms with Crippen molar-refractivity contribution in [3.05, 3.63) is 23.3 Å². The minimum absolute atomic E-state index is 0.0664. The number of fused-ring (bicyclic) bond motifs is 1. The van der Waals surface area contributed by atoms with E-state index in [9.17, 15) is 9.90 Å². The molecule has 0 unspecified atom stereocenters. The molecule has 1 aliphatic rings. The SMILES string of the molecule is Cc1cc(C)n2nc(C(=O)N[C@H](CO)C3CCOCC3)nc2n1. The van der Waals surface area contributed by atoms with Gasteiger partial charge in [-0.25, -0.2) is 9.50 Å². The zero-order chi connectivity index (χ0) is 16.4. The molecular weight excluding hydrogens is 298 g/mol. The summed E-state index contributed by atoms with van der Waals surface area (Å²) in [6, 6.07) is 1.57. The number of carbonyl (C=O) groups excluding carboxylic acids is 1. The van der Waals surface area contributed by atoms with Crippen LogP contribution in [0, 0.1) is 19.8 Å². The highest BCUT2D eigenvalue weighted by molar-refractivity contribution is 5.91. The zero-order valence-corrected chi connectivity index (χ0v) is 13.3. The van der Waals surface area contributed by atoms with Crippen LogP contribution in [0.3, 0.4) is 0 Å². The molecule has 8 heteroatoms. The fourth-order valence-corrected chi connectivity index (χ4v) is 2.93. The Morgan fingerprint density at radius 1 is 1.43 bits per heavy atom. The van der Waals surface area contributed by atoms with Crippen LogP contribution in [0.25, 0.3) is 5.78 Å². The van der Waals surface area contributed by atoms with Gasteiger partial charge in [0.2, 0.25) is 5.82 Å². The Morgan fingerprint density at radius 3 is 2.87 bits per heavy atom. The van der Waals surface area contributed by atoms with E-state index in [1.807, 2.05) is 19.9 Å². The van der Waals surface area contributed by atoms with Crippen molar-refractivity contribution in [2.45, 2.75) is 32.7 Å². The van der Waals surface area contributed by atoms with Gasteiger partial charge in [0.05, 0.1) is 12.6 Å². The third kappa shape index (κ3) is 3.32. The van der Waals surface area contributed by atoms with Crippen molar-refractivity contribution in [1.29, 1.82) is 0 Å². The van der Waals surface area contributed by atoms with E-state index >= 15 is 0 Å². The molecule has 8 nitrogen and oxygen atoms in total. The average molecular weight is 319 g/mol. The van der Waals surface area contributed by atoms with Crippen LogP contribution >= 0.6 is 0 Å². The zero-order valence-electron chi connectivity index (χ0n) is 13.3. The Balaban J connectivity index is 1.78. The molecule has 3 heterocycles. The summed E-state index contributed by atoms with van der Waals surface area (Å²) in [7, 11) is 0. The van der Waals surface area contributed by atoms with Gasteiger partial charge in [-0.15, -0.1) is 5.10 Å². The Morgan fingerprint density at radius 2 is 2.17 bits per heavy atom. The predicted molar refractivity (Wildman–Crippen MR) is 82.1 cm³/mol. The molecule has 0 spiro atoms. The largest absolute Gasteiger partial charge is 0.394 e. The highest BCUT2D eigenvalue weighted by atomic mass is 16.5. The van der Waals surface area contributed by atoms with E-state index in [1.165, 1.54) is 0 Å². The molecule has 3 rings (SSSR count). The normalized spacial score (nSPS) is 17.3. The summed E-state index contributed by atoms with van der Waals surface area (Å²) in [4.78, 5) is 20.9. The number of aryl methyl sites for hydroxylation is 2. The minimum atomic E-state index is -0.391. The summed E-state index contributed by atoms with van der Waals surface area (Å²) in [6.45, 7) is 4.96. The molecule has 1 aliphatic heterocycles. The first-order chi connectivity index (χ1) is 11.1. The van der Waals surface area contributed by atoms with Gasteiger partial charge in [0, 0.05) is 24.6 Å². The number of amides is 1. The monoisotopic (exact) mass is 319 g/mol. The lowest BCUT2D eigenvalue weighted by Crippen LogP contribution is -2.45. The number of rotatable bonds is 4. The highest BCUT2D eigenvalue weighted by Gasteiger charge is 2.26. The molecule has 1 amide bonds.